The highest BCUT2D eigenvalue weighted by Gasteiger charge is 2.50. The minimum Gasteiger partial charge on any atom is -0.444 e. The fourth-order valence-corrected chi connectivity index (χ4v) is 5.25. The van der Waals surface area contributed by atoms with Gasteiger partial charge in [0.2, 0.25) is 11.8 Å². The lowest BCUT2D eigenvalue weighted by molar-refractivity contribution is -0.140. The van der Waals surface area contributed by atoms with E-state index in [1.54, 1.807) is 32.9 Å². The topological polar surface area (TPSA) is 110 Å². The van der Waals surface area contributed by atoms with Gasteiger partial charge < -0.3 is 19.9 Å². The van der Waals surface area contributed by atoms with Crippen LogP contribution in [-0.2, 0) is 20.9 Å². The first-order valence-corrected chi connectivity index (χ1v) is 12.3. The van der Waals surface area contributed by atoms with E-state index >= 15 is 0 Å². The third-order valence-corrected chi connectivity index (χ3v) is 6.90. The quantitative estimate of drug-likeness (QED) is 0.611. The molecule has 1 aromatic rings. The highest BCUT2D eigenvalue weighted by atomic mass is 16.6. The first-order valence-electron chi connectivity index (χ1n) is 12.3. The second kappa shape index (κ2) is 10.2. The molecule has 0 aliphatic carbocycles. The van der Waals surface area contributed by atoms with E-state index in [-0.39, 0.29) is 30.4 Å². The molecule has 3 aliphatic heterocycles. The molecule has 36 heavy (non-hydrogen) atoms. The first kappa shape index (κ1) is 25.5. The number of carbonyl (C=O) groups is 3. The monoisotopic (exact) mass is 492 g/mol. The Hall–Kier alpha value is -3.63. The van der Waals surface area contributed by atoms with Crippen LogP contribution in [0.15, 0.2) is 24.3 Å². The van der Waals surface area contributed by atoms with Crippen LogP contribution in [0.2, 0.25) is 0 Å². The van der Waals surface area contributed by atoms with Crippen molar-refractivity contribution in [3.8, 4) is 6.07 Å². The Balaban J connectivity index is 1.44. The number of alkyl carbamates (subject to hydrolysis) is 1. The van der Waals surface area contributed by atoms with Gasteiger partial charge in [-0.3, -0.25) is 14.5 Å². The zero-order chi connectivity index (χ0) is 26.0. The number of ether oxygens (including phenoxy) is 1. The van der Waals surface area contributed by atoms with E-state index in [9.17, 15) is 19.6 Å². The average molecular weight is 493 g/mol. The summed E-state index contributed by atoms with van der Waals surface area (Å²) in [4.78, 5) is 47.9. The molecule has 10 nitrogen and oxygen atoms in total. The van der Waals surface area contributed by atoms with Gasteiger partial charge >= 0.3 is 6.09 Å². The van der Waals surface area contributed by atoms with Crippen molar-refractivity contribution in [2.75, 3.05) is 19.6 Å². The Kier molecular flexibility index (Phi) is 7.18. The smallest absolute Gasteiger partial charge is 0.408 e. The standard InChI is InChI=1S/C26H32N6O4/c1-26(2,3)36-25(35)29-21(23(33)31-11-5-6-19(31)13-27)16-30-15-20-12-22(30)24(34)32(20)14-17-7-9-18(28-4)10-8-17/h7-10,19-22H,5-6,11-12,14-16H2,1-3H3,(H,29,35)/t19-,20+,21-,22+/m0/s1. The van der Waals surface area contributed by atoms with Crippen LogP contribution in [-0.4, -0.2) is 82.0 Å². The molecule has 3 amide bonds. The highest BCUT2D eigenvalue weighted by molar-refractivity contribution is 5.88. The molecule has 2 bridgehead atoms. The predicted octanol–water partition coefficient (Wildman–Crippen LogP) is 2.43. The summed E-state index contributed by atoms with van der Waals surface area (Å²) in [6, 6.07) is 7.62. The summed E-state index contributed by atoms with van der Waals surface area (Å²) in [7, 11) is 0. The van der Waals surface area contributed by atoms with Gasteiger partial charge in [-0.15, -0.1) is 0 Å². The number of hydrogen-bond acceptors (Lipinski definition) is 6. The summed E-state index contributed by atoms with van der Waals surface area (Å²) in [5.74, 6) is -0.322. The SMILES string of the molecule is [C-]#[N+]c1ccc(CN2C(=O)[C@H]3C[C@@H]2CN3C[C@H](NC(=O)OC(C)(C)C)C(=O)N2CCC[C@H]2C#N)cc1. The summed E-state index contributed by atoms with van der Waals surface area (Å²) in [5.41, 5.74) is 0.798. The summed E-state index contributed by atoms with van der Waals surface area (Å²) < 4.78 is 5.38. The van der Waals surface area contributed by atoms with Gasteiger partial charge in [0.1, 0.15) is 17.7 Å². The van der Waals surface area contributed by atoms with Gasteiger partial charge in [-0.25, -0.2) is 9.64 Å². The predicted molar refractivity (Wildman–Crippen MR) is 131 cm³/mol. The van der Waals surface area contributed by atoms with Crippen molar-refractivity contribution in [2.45, 2.75) is 76.3 Å². The third-order valence-electron chi connectivity index (χ3n) is 6.90. The Morgan fingerprint density at radius 3 is 2.64 bits per heavy atom. The molecule has 3 aliphatic rings. The number of rotatable bonds is 6. The molecule has 0 radical (unpaired) electrons. The van der Waals surface area contributed by atoms with Gasteiger partial charge in [0.15, 0.2) is 5.69 Å². The number of carbonyl (C=O) groups excluding carboxylic acids is 3. The number of benzene rings is 1. The zero-order valence-corrected chi connectivity index (χ0v) is 20.9. The average Bonchev–Trinajstić information content (AvgIpc) is 3.53. The van der Waals surface area contributed by atoms with Gasteiger partial charge in [-0.1, -0.05) is 24.3 Å². The molecular weight excluding hydrogens is 460 g/mol. The Morgan fingerprint density at radius 1 is 1.31 bits per heavy atom. The van der Waals surface area contributed by atoms with E-state index in [4.69, 9.17) is 11.3 Å². The number of nitrogens with one attached hydrogen (secondary N) is 1. The zero-order valence-electron chi connectivity index (χ0n) is 20.9. The van der Waals surface area contributed by atoms with Gasteiger partial charge in [0.05, 0.1) is 18.7 Å². The first-order chi connectivity index (χ1) is 17.1. The number of nitrogens with zero attached hydrogens (tertiary/aromatic N) is 5. The van der Waals surface area contributed by atoms with Crippen molar-refractivity contribution in [2.24, 2.45) is 0 Å². The van der Waals surface area contributed by atoms with Crippen molar-refractivity contribution in [3.63, 3.8) is 0 Å². The molecule has 190 valence electrons. The van der Waals surface area contributed by atoms with Crippen LogP contribution in [0.3, 0.4) is 0 Å². The molecular formula is C26H32N6O4. The van der Waals surface area contributed by atoms with Crippen LogP contribution < -0.4 is 5.32 Å². The van der Waals surface area contributed by atoms with Crippen LogP contribution in [0, 0.1) is 17.9 Å². The van der Waals surface area contributed by atoms with Crippen LogP contribution in [0.1, 0.15) is 45.6 Å². The van der Waals surface area contributed by atoms with Crippen molar-refractivity contribution < 1.29 is 19.1 Å². The lowest BCUT2D eigenvalue weighted by atomic mass is 10.1. The molecule has 3 saturated heterocycles. The normalized spacial score (nSPS) is 24.4. The maximum atomic E-state index is 13.4. The second-order valence-electron chi connectivity index (χ2n) is 10.6. The minimum atomic E-state index is -0.921. The number of fused-ring (bicyclic) bond motifs is 2. The van der Waals surface area contributed by atoms with E-state index in [1.165, 1.54) is 4.90 Å². The fraction of sp³-hybridized carbons (Fsp3) is 0.577. The van der Waals surface area contributed by atoms with Crippen molar-refractivity contribution in [1.29, 1.82) is 5.26 Å². The maximum Gasteiger partial charge on any atom is 0.408 e. The third kappa shape index (κ3) is 5.44. The van der Waals surface area contributed by atoms with Crippen molar-refractivity contribution >= 4 is 23.6 Å². The van der Waals surface area contributed by atoms with Gasteiger partial charge in [-0.2, -0.15) is 5.26 Å². The van der Waals surface area contributed by atoms with E-state index < -0.39 is 23.8 Å². The van der Waals surface area contributed by atoms with Crippen LogP contribution in [0.5, 0.6) is 0 Å². The Labute approximate surface area is 211 Å². The van der Waals surface area contributed by atoms with E-state index in [0.717, 1.165) is 12.0 Å². The highest BCUT2D eigenvalue weighted by Crippen LogP contribution is 2.33. The molecule has 0 spiro atoms. The molecule has 1 aromatic carbocycles. The summed E-state index contributed by atoms with van der Waals surface area (Å²) in [6.45, 7) is 14.0. The Morgan fingerprint density at radius 2 is 2.03 bits per heavy atom. The Bertz CT molecular complexity index is 1100. The molecule has 4 atom stereocenters. The molecule has 10 heteroatoms. The number of nitriles is 1. The van der Waals surface area contributed by atoms with Gasteiger partial charge in [0, 0.05) is 32.2 Å². The van der Waals surface area contributed by atoms with Gasteiger partial charge in [-0.05, 0) is 45.6 Å². The summed E-state index contributed by atoms with van der Waals surface area (Å²) in [5, 5.41) is 12.2. The maximum absolute atomic E-state index is 13.4. The van der Waals surface area contributed by atoms with Crippen LogP contribution in [0.25, 0.3) is 4.85 Å². The molecule has 0 aromatic heterocycles. The largest absolute Gasteiger partial charge is 0.444 e. The minimum absolute atomic E-state index is 0.0000430. The van der Waals surface area contributed by atoms with E-state index in [0.29, 0.717) is 38.2 Å². The van der Waals surface area contributed by atoms with E-state index in [2.05, 4.69) is 16.2 Å². The fourth-order valence-electron chi connectivity index (χ4n) is 5.25. The number of amides is 3. The molecule has 4 rings (SSSR count). The van der Waals surface area contributed by atoms with Crippen molar-refractivity contribution in [1.82, 2.24) is 20.0 Å². The van der Waals surface area contributed by atoms with Crippen molar-refractivity contribution in [3.05, 3.63) is 41.2 Å². The molecule has 0 unspecified atom stereocenters. The molecule has 3 heterocycles. The van der Waals surface area contributed by atoms with E-state index in [1.807, 2.05) is 21.9 Å². The number of hydrogen-bond donors (Lipinski definition) is 1. The summed E-state index contributed by atoms with van der Waals surface area (Å²) in [6.07, 6.45) is 1.31. The lowest BCUT2D eigenvalue weighted by Crippen LogP contribution is -2.58. The number of likely N-dealkylation sites (tertiary alicyclic amines) is 3. The second-order valence-corrected chi connectivity index (χ2v) is 10.6. The van der Waals surface area contributed by atoms with Gasteiger partial charge in [0.25, 0.3) is 0 Å². The molecule has 3 fully saturated rings. The lowest BCUT2D eigenvalue weighted by Gasteiger charge is -2.36. The summed E-state index contributed by atoms with van der Waals surface area (Å²) >= 11 is 0. The molecule has 1 N–H and O–H groups in total. The molecule has 0 saturated carbocycles. The van der Waals surface area contributed by atoms with Crippen LogP contribution in [0.4, 0.5) is 10.5 Å². The number of piperazine rings is 1. The van der Waals surface area contributed by atoms with Crippen LogP contribution >= 0.6 is 0 Å².